The van der Waals surface area contributed by atoms with Crippen LogP contribution in [0.15, 0.2) is 45.9 Å². The van der Waals surface area contributed by atoms with E-state index >= 15 is 0 Å². The summed E-state index contributed by atoms with van der Waals surface area (Å²) in [6.07, 6.45) is 2.76. The number of sulfonamides is 1. The molecule has 9 heteroatoms. The average Bonchev–Trinajstić information content (AvgIpc) is 2.62. The van der Waals surface area contributed by atoms with Gasteiger partial charge >= 0.3 is 6.01 Å². The van der Waals surface area contributed by atoms with E-state index in [0.717, 1.165) is 17.3 Å². The van der Waals surface area contributed by atoms with Gasteiger partial charge in [-0.15, -0.1) is 0 Å². The van der Waals surface area contributed by atoms with Gasteiger partial charge in [0.2, 0.25) is 15.9 Å². The molecule has 2 aromatic rings. The molecule has 0 bridgehead atoms. The van der Waals surface area contributed by atoms with E-state index in [1.54, 1.807) is 36.5 Å². The van der Waals surface area contributed by atoms with Crippen LogP contribution in [0.5, 0.6) is 11.9 Å². The smallest absolute Gasteiger partial charge is 0.319 e. The third-order valence-electron chi connectivity index (χ3n) is 3.87. The highest BCUT2D eigenvalue weighted by Gasteiger charge is 2.31. The number of benzene rings is 1. The van der Waals surface area contributed by atoms with Crippen LogP contribution in [0.1, 0.15) is 12.8 Å². The second-order valence-corrected chi connectivity index (χ2v) is 8.43. The van der Waals surface area contributed by atoms with E-state index in [1.165, 1.54) is 11.4 Å². The Labute approximate surface area is 155 Å². The lowest BCUT2D eigenvalue weighted by Crippen LogP contribution is -2.44. The van der Waals surface area contributed by atoms with E-state index in [2.05, 4.69) is 25.9 Å². The summed E-state index contributed by atoms with van der Waals surface area (Å²) >= 11 is 3.32. The van der Waals surface area contributed by atoms with Crippen molar-refractivity contribution in [2.75, 3.05) is 20.2 Å². The maximum atomic E-state index is 12.8. The molecule has 0 amide bonds. The van der Waals surface area contributed by atoms with Gasteiger partial charge in [-0.05, 0) is 37.1 Å². The van der Waals surface area contributed by atoms with E-state index in [-0.39, 0.29) is 23.6 Å². The largest absolute Gasteiger partial charge is 0.473 e. The molecule has 0 saturated carbocycles. The normalized spacial score (nSPS) is 18.7. The van der Waals surface area contributed by atoms with Gasteiger partial charge in [0.1, 0.15) is 6.10 Å². The standard InChI is InChI=1S/C16H18BrN3O4S/c1-23-16-18-9-8-15(19-16)24-13-3-2-10-20(11-13)25(21,22)14-6-4-12(17)5-7-14/h4-9,13H,2-3,10-11H2,1H3. The molecule has 25 heavy (non-hydrogen) atoms. The molecule has 1 aliphatic rings. The summed E-state index contributed by atoms with van der Waals surface area (Å²) < 4.78 is 38.7. The monoisotopic (exact) mass is 427 g/mol. The fraction of sp³-hybridized carbons (Fsp3) is 0.375. The first-order chi connectivity index (χ1) is 12.0. The van der Waals surface area contributed by atoms with Crippen molar-refractivity contribution in [2.45, 2.75) is 23.8 Å². The molecule has 1 aromatic heterocycles. The second-order valence-electron chi connectivity index (χ2n) is 5.58. The van der Waals surface area contributed by atoms with Crippen LogP contribution in [0, 0.1) is 0 Å². The summed E-state index contributed by atoms with van der Waals surface area (Å²) in [5.41, 5.74) is 0. The summed E-state index contributed by atoms with van der Waals surface area (Å²) in [7, 11) is -2.06. The van der Waals surface area contributed by atoms with Gasteiger partial charge in [-0.2, -0.15) is 9.29 Å². The Morgan fingerprint density at radius 3 is 2.72 bits per heavy atom. The lowest BCUT2D eigenvalue weighted by Gasteiger charge is -2.31. The lowest BCUT2D eigenvalue weighted by molar-refractivity contribution is 0.123. The fourth-order valence-corrected chi connectivity index (χ4v) is 4.41. The zero-order valence-electron chi connectivity index (χ0n) is 13.6. The van der Waals surface area contributed by atoms with Crippen molar-refractivity contribution in [3.05, 3.63) is 41.0 Å². The van der Waals surface area contributed by atoms with Crippen LogP contribution < -0.4 is 9.47 Å². The van der Waals surface area contributed by atoms with Crippen LogP contribution in [-0.2, 0) is 10.0 Å². The zero-order chi connectivity index (χ0) is 17.9. The molecule has 1 atom stereocenters. The number of hydrogen-bond donors (Lipinski definition) is 0. The fourth-order valence-electron chi connectivity index (χ4n) is 2.64. The molecule has 0 aliphatic carbocycles. The first kappa shape index (κ1) is 18.1. The molecule has 7 nitrogen and oxygen atoms in total. The van der Waals surface area contributed by atoms with Gasteiger partial charge in [-0.3, -0.25) is 0 Å². The minimum atomic E-state index is -3.54. The second kappa shape index (κ2) is 7.67. The van der Waals surface area contributed by atoms with Gasteiger partial charge in [0, 0.05) is 23.3 Å². The summed E-state index contributed by atoms with van der Waals surface area (Å²) in [4.78, 5) is 8.32. The molecule has 1 unspecified atom stereocenters. The number of hydrogen-bond acceptors (Lipinski definition) is 6. The highest BCUT2D eigenvalue weighted by atomic mass is 79.9. The molecule has 0 radical (unpaired) electrons. The van der Waals surface area contributed by atoms with Crippen LogP contribution in [0.2, 0.25) is 0 Å². The van der Waals surface area contributed by atoms with Gasteiger partial charge in [0.05, 0.1) is 18.6 Å². The predicted molar refractivity (Wildman–Crippen MR) is 95.1 cm³/mol. The number of rotatable bonds is 5. The lowest BCUT2D eigenvalue weighted by atomic mass is 10.1. The van der Waals surface area contributed by atoms with E-state index < -0.39 is 10.0 Å². The van der Waals surface area contributed by atoms with Crippen LogP contribution in [-0.4, -0.2) is 49.0 Å². The third kappa shape index (κ3) is 4.28. The van der Waals surface area contributed by atoms with Crippen LogP contribution in [0.4, 0.5) is 0 Å². The van der Waals surface area contributed by atoms with Crippen LogP contribution in [0.25, 0.3) is 0 Å². The average molecular weight is 428 g/mol. The molecule has 1 saturated heterocycles. The summed E-state index contributed by atoms with van der Waals surface area (Å²) in [6.45, 7) is 0.760. The van der Waals surface area contributed by atoms with Crippen molar-refractivity contribution in [3.63, 3.8) is 0 Å². The maximum Gasteiger partial charge on any atom is 0.319 e. The first-order valence-corrected chi connectivity index (χ1v) is 10.0. The van der Waals surface area contributed by atoms with Gasteiger partial charge in [-0.1, -0.05) is 15.9 Å². The SMILES string of the molecule is COc1nccc(OC2CCCN(S(=O)(=O)c3ccc(Br)cc3)C2)n1. The van der Waals surface area contributed by atoms with E-state index in [4.69, 9.17) is 9.47 Å². The Bertz CT molecular complexity index is 830. The predicted octanol–water partition coefficient (Wildman–Crippen LogP) is 2.48. The summed E-state index contributed by atoms with van der Waals surface area (Å²) in [5, 5.41) is 0. The molecule has 3 rings (SSSR count). The zero-order valence-corrected chi connectivity index (χ0v) is 16.0. The molecule has 2 heterocycles. The van der Waals surface area contributed by atoms with E-state index in [9.17, 15) is 8.42 Å². The number of ether oxygens (including phenoxy) is 2. The molecule has 0 spiro atoms. The van der Waals surface area contributed by atoms with Crippen molar-refractivity contribution < 1.29 is 17.9 Å². The number of aromatic nitrogens is 2. The molecule has 0 N–H and O–H groups in total. The van der Waals surface area contributed by atoms with Crippen molar-refractivity contribution in [2.24, 2.45) is 0 Å². The van der Waals surface area contributed by atoms with Gasteiger partial charge in [0.25, 0.3) is 0 Å². The number of methoxy groups -OCH3 is 1. The molecule has 1 aliphatic heterocycles. The number of halogens is 1. The molecule has 1 fully saturated rings. The Kier molecular flexibility index (Phi) is 5.55. The van der Waals surface area contributed by atoms with Gasteiger partial charge in [-0.25, -0.2) is 13.4 Å². The van der Waals surface area contributed by atoms with E-state index in [1.807, 2.05) is 0 Å². The Morgan fingerprint density at radius 2 is 2.00 bits per heavy atom. The van der Waals surface area contributed by atoms with Crippen LogP contribution in [0.3, 0.4) is 0 Å². The van der Waals surface area contributed by atoms with Crippen molar-refractivity contribution >= 4 is 26.0 Å². The summed E-state index contributed by atoms with van der Waals surface area (Å²) in [6, 6.07) is 8.48. The first-order valence-electron chi connectivity index (χ1n) is 7.78. The Hall–Kier alpha value is -1.71. The quantitative estimate of drug-likeness (QED) is 0.728. The minimum Gasteiger partial charge on any atom is -0.473 e. The van der Waals surface area contributed by atoms with Crippen molar-refractivity contribution in [1.29, 1.82) is 0 Å². The third-order valence-corrected chi connectivity index (χ3v) is 6.28. The van der Waals surface area contributed by atoms with Crippen molar-refractivity contribution in [3.8, 4) is 11.9 Å². The van der Waals surface area contributed by atoms with Crippen LogP contribution >= 0.6 is 15.9 Å². The number of nitrogens with zero attached hydrogens (tertiary/aromatic N) is 3. The Balaban J connectivity index is 1.73. The highest BCUT2D eigenvalue weighted by molar-refractivity contribution is 9.10. The molecule has 1 aromatic carbocycles. The highest BCUT2D eigenvalue weighted by Crippen LogP contribution is 2.24. The molecule has 134 valence electrons. The Morgan fingerprint density at radius 1 is 1.24 bits per heavy atom. The summed E-state index contributed by atoms with van der Waals surface area (Å²) in [5.74, 6) is 0.375. The van der Waals surface area contributed by atoms with Gasteiger partial charge < -0.3 is 9.47 Å². The van der Waals surface area contributed by atoms with E-state index in [0.29, 0.717) is 12.4 Å². The topological polar surface area (TPSA) is 81.6 Å². The maximum absolute atomic E-state index is 12.8. The van der Waals surface area contributed by atoms with Gasteiger partial charge in [0.15, 0.2) is 0 Å². The molecular weight excluding hydrogens is 410 g/mol. The molecular formula is C16H18BrN3O4S. The minimum absolute atomic E-state index is 0.215. The number of piperidine rings is 1. The van der Waals surface area contributed by atoms with Crippen molar-refractivity contribution in [1.82, 2.24) is 14.3 Å².